The molecule has 3 rings (SSSR count). The van der Waals surface area contributed by atoms with E-state index in [2.05, 4.69) is 15.3 Å². The van der Waals surface area contributed by atoms with Crippen molar-refractivity contribution >= 4 is 28.7 Å². The van der Waals surface area contributed by atoms with E-state index in [-0.39, 0.29) is 12.6 Å². The number of nitrogens with zero attached hydrogens (tertiary/aromatic N) is 1. The predicted octanol–water partition coefficient (Wildman–Crippen LogP) is 4.20. The normalized spacial score (nSPS) is 12.1. The van der Waals surface area contributed by atoms with Gasteiger partial charge in [-0.25, -0.2) is 9.78 Å². The second-order valence-corrected chi connectivity index (χ2v) is 5.65. The van der Waals surface area contributed by atoms with Gasteiger partial charge in [0.2, 0.25) is 0 Å². The molecule has 6 heteroatoms. The van der Waals surface area contributed by atoms with Crippen molar-refractivity contribution < 1.29 is 9.53 Å². The van der Waals surface area contributed by atoms with Gasteiger partial charge in [-0.05, 0) is 30.7 Å². The van der Waals surface area contributed by atoms with Crippen LogP contribution in [-0.2, 0) is 11.3 Å². The lowest BCUT2D eigenvalue weighted by Gasteiger charge is -2.11. The van der Waals surface area contributed by atoms with E-state index >= 15 is 0 Å². The van der Waals surface area contributed by atoms with E-state index in [1.54, 1.807) is 12.1 Å². The minimum atomic E-state index is -0.486. The number of amides is 1. The van der Waals surface area contributed by atoms with E-state index in [0.29, 0.717) is 10.8 Å². The molecule has 0 aliphatic heterocycles. The molecular formula is C17H16ClN3O2. The quantitative estimate of drug-likeness (QED) is 0.753. The monoisotopic (exact) mass is 329 g/mol. The zero-order chi connectivity index (χ0) is 16.2. The van der Waals surface area contributed by atoms with Gasteiger partial charge in [0.1, 0.15) is 12.4 Å². The SMILES string of the molecule is CC(NC(=O)OCc1ccccc1)c1nc2ccc(Cl)cc2[nH]1. The van der Waals surface area contributed by atoms with E-state index in [1.807, 2.05) is 43.3 Å². The Kier molecular flexibility index (Phi) is 4.48. The number of benzene rings is 2. The summed E-state index contributed by atoms with van der Waals surface area (Å²) in [4.78, 5) is 19.5. The lowest BCUT2D eigenvalue weighted by molar-refractivity contribution is 0.136. The molecule has 1 atom stereocenters. The minimum absolute atomic E-state index is 0.231. The van der Waals surface area contributed by atoms with Crippen LogP contribution in [0.3, 0.4) is 0 Å². The summed E-state index contributed by atoms with van der Waals surface area (Å²) >= 11 is 5.95. The lowest BCUT2D eigenvalue weighted by atomic mass is 10.2. The van der Waals surface area contributed by atoms with Crippen LogP contribution in [0.2, 0.25) is 5.02 Å². The molecule has 0 saturated heterocycles. The van der Waals surface area contributed by atoms with Crippen LogP contribution >= 0.6 is 11.6 Å². The van der Waals surface area contributed by atoms with Crippen LogP contribution in [0.15, 0.2) is 48.5 Å². The van der Waals surface area contributed by atoms with Gasteiger partial charge in [-0.3, -0.25) is 0 Å². The van der Waals surface area contributed by atoms with Gasteiger partial charge in [0, 0.05) is 5.02 Å². The summed E-state index contributed by atoms with van der Waals surface area (Å²) in [6.45, 7) is 2.07. The highest BCUT2D eigenvalue weighted by atomic mass is 35.5. The molecule has 1 amide bonds. The van der Waals surface area contributed by atoms with Crippen molar-refractivity contribution in [1.82, 2.24) is 15.3 Å². The number of fused-ring (bicyclic) bond motifs is 1. The minimum Gasteiger partial charge on any atom is -0.445 e. The number of rotatable bonds is 4. The molecule has 0 fully saturated rings. The second kappa shape index (κ2) is 6.71. The molecule has 0 bridgehead atoms. The molecule has 0 radical (unpaired) electrons. The van der Waals surface area contributed by atoms with Crippen LogP contribution < -0.4 is 5.32 Å². The van der Waals surface area contributed by atoms with Crippen molar-refractivity contribution in [1.29, 1.82) is 0 Å². The largest absolute Gasteiger partial charge is 0.445 e. The molecule has 0 aliphatic carbocycles. The Morgan fingerprint density at radius 3 is 2.87 bits per heavy atom. The Morgan fingerprint density at radius 1 is 1.30 bits per heavy atom. The summed E-state index contributed by atoms with van der Waals surface area (Å²) in [6.07, 6.45) is -0.486. The third kappa shape index (κ3) is 3.81. The van der Waals surface area contributed by atoms with E-state index in [1.165, 1.54) is 0 Å². The van der Waals surface area contributed by atoms with Crippen LogP contribution in [0.4, 0.5) is 4.79 Å². The Balaban J connectivity index is 1.61. The average Bonchev–Trinajstić information content (AvgIpc) is 2.97. The molecule has 1 heterocycles. The number of alkyl carbamates (subject to hydrolysis) is 1. The van der Waals surface area contributed by atoms with Crippen LogP contribution in [0.25, 0.3) is 11.0 Å². The van der Waals surface area contributed by atoms with Gasteiger partial charge in [0.05, 0.1) is 17.1 Å². The summed E-state index contributed by atoms with van der Waals surface area (Å²) in [7, 11) is 0. The van der Waals surface area contributed by atoms with Crippen LogP contribution in [0, 0.1) is 0 Å². The standard InChI is InChI=1S/C17H16ClN3O2/c1-11(16-20-14-8-7-13(18)9-15(14)21-16)19-17(22)23-10-12-5-3-2-4-6-12/h2-9,11H,10H2,1H3,(H,19,22)(H,20,21). The van der Waals surface area contributed by atoms with Gasteiger partial charge in [-0.1, -0.05) is 41.9 Å². The van der Waals surface area contributed by atoms with E-state index in [4.69, 9.17) is 16.3 Å². The van der Waals surface area contributed by atoms with Gasteiger partial charge in [0.25, 0.3) is 0 Å². The summed E-state index contributed by atoms with van der Waals surface area (Å²) in [5, 5.41) is 3.39. The van der Waals surface area contributed by atoms with Crippen molar-refractivity contribution in [3.8, 4) is 0 Å². The number of H-pyrrole nitrogens is 1. The second-order valence-electron chi connectivity index (χ2n) is 5.21. The topological polar surface area (TPSA) is 67.0 Å². The molecular weight excluding hydrogens is 314 g/mol. The molecule has 23 heavy (non-hydrogen) atoms. The first kappa shape index (κ1) is 15.4. The Bertz CT molecular complexity index is 817. The molecule has 3 aromatic rings. The van der Waals surface area contributed by atoms with Crippen molar-refractivity contribution in [2.45, 2.75) is 19.6 Å². The van der Waals surface area contributed by atoms with Crippen molar-refractivity contribution in [2.75, 3.05) is 0 Å². The highest BCUT2D eigenvalue weighted by molar-refractivity contribution is 6.31. The molecule has 0 saturated carbocycles. The number of nitrogens with one attached hydrogen (secondary N) is 2. The maximum Gasteiger partial charge on any atom is 0.408 e. The number of ether oxygens (including phenoxy) is 1. The Labute approximate surface area is 138 Å². The molecule has 0 spiro atoms. The highest BCUT2D eigenvalue weighted by Gasteiger charge is 2.14. The summed E-state index contributed by atoms with van der Waals surface area (Å²) in [5.41, 5.74) is 2.57. The van der Waals surface area contributed by atoms with Crippen LogP contribution in [-0.4, -0.2) is 16.1 Å². The molecule has 2 aromatic carbocycles. The highest BCUT2D eigenvalue weighted by Crippen LogP contribution is 2.19. The van der Waals surface area contributed by atoms with Crippen LogP contribution in [0.1, 0.15) is 24.4 Å². The van der Waals surface area contributed by atoms with Gasteiger partial charge in [0.15, 0.2) is 0 Å². The number of carbonyl (C=O) groups is 1. The first-order valence-corrected chi connectivity index (χ1v) is 7.62. The fraction of sp³-hybridized carbons (Fsp3) is 0.176. The van der Waals surface area contributed by atoms with Gasteiger partial charge in [-0.15, -0.1) is 0 Å². The van der Waals surface area contributed by atoms with Gasteiger partial charge < -0.3 is 15.0 Å². The third-order valence-electron chi connectivity index (χ3n) is 3.42. The maximum absolute atomic E-state index is 11.9. The van der Waals surface area contributed by atoms with Crippen molar-refractivity contribution in [3.63, 3.8) is 0 Å². The number of hydrogen-bond donors (Lipinski definition) is 2. The number of imidazole rings is 1. The Morgan fingerprint density at radius 2 is 2.09 bits per heavy atom. The maximum atomic E-state index is 11.9. The average molecular weight is 330 g/mol. The first-order valence-electron chi connectivity index (χ1n) is 7.24. The first-order chi connectivity index (χ1) is 11.1. The number of carbonyl (C=O) groups excluding carboxylic acids is 1. The van der Waals surface area contributed by atoms with Gasteiger partial charge in [-0.2, -0.15) is 0 Å². The van der Waals surface area contributed by atoms with Gasteiger partial charge >= 0.3 is 6.09 Å². The fourth-order valence-corrected chi connectivity index (χ4v) is 2.39. The molecule has 118 valence electrons. The number of hydrogen-bond acceptors (Lipinski definition) is 3. The molecule has 0 aliphatic rings. The van der Waals surface area contributed by atoms with E-state index < -0.39 is 6.09 Å². The summed E-state index contributed by atoms with van der Waals surface area (Å²) < 4.78 is 5.20. The van der Waals surface area contributed by atoms with E-state index in [9.17, 15) is 4.79 Å². The zero-order valence-electron chi connectivity index (χ0n) is 12.5. The zero-order valence-corrected chi connectivity index (χ0v) is 13.3. The third-order valence-corrected chi connectivity index (χ3v) is 3.65. The fourth-order valence-electron chi connectivity index (χ4n) is 2.22. The molecule has 1 unspecified atom stereocenters. The Hall–Kier alpha value is -2.53. The number of aromatic amines is 1. The van der Waals surface area contributed by atoms with Crippen molar-refractivity contribution in [2.24, 2.45) is 0 Å². The smallest absolute Gasteiger partial charge is 0.408 e. The summed E-state index contributed by atoms with van der Waals surface area (Å²) in [6, 6.07) is 14.6. The number of aromatic nitrogens is 2. The molecule has 1 aromatic heterocycles. The number of halogens is 1. The van der Waals surface area contributed by atoms with E-state index in [0.717, 1.165) is 16.6 Å². The summed E-state index contributed by atoms with van der Waals surface area (Å²) in [5.74, 6) is 0.652. The van der Waals surface area contributed by atoms with Crippen molar-refractivity contribution in [3.05, 3.63) is 64.9 Å². The molecule has 2 N–H and O–H groups in total. The predicted molar refractivity (Wildman–Crippen MR) is 89.3 cm³/mol. The van der Waals surface area contributed by atoms with Crippen LogP contribution in [0.5, 0.6) is 0 Å². The molecule has 5 nitrogen and oxygen atoms in total. The lowest BCUT2D eigenvalue weighted by Crippen LogP contribution is -2.27.